The van der Waals surface area contributed by atoms with Gasteiger partial charge in [0.25, 0.3) is 0 Å². The largest absolute Gasteiger partial charge is 0.369 e. The number of rotatable bonds is 9. The van der Waals surface area contributed by atoms with Crippen LogP contribution in [-0.2, 0) is 6.54 Å². The molecule has 4 heteroatoms. The normalized spacial score (nSPS) is 14.9. The van der Waals surface area contributed by atoms with Crippen LogP contribution in [0.3, 0.4) is 0 Å². The monoisotopic (exact) mass is 262 g/mol. The summed E-state index contributed by atoms with van der Waals surface area (Å²) in [4.78, 5) is 11.5. The molecular formula is C15H26N4. The Balaban J connectivity index is 1.84. The lowest BCUT2D eigenvalue weighted by atomic mass is 10.3. The van der Waals surface area contributed by atoms with Gasteiger partial charge in [0, 0.05) is 19.6 Å². The molecule has 1 aliphatic carbocycles. The van der Waals surface area contributed by atoms with E-state index < -0.39 is 0 Å². The van der Waals surface area contributed by atoms with E-state index in [1.54, 1.807) is 0 Å². The van der Waals surface area contributed by atoms with Gasteiger partial charge in [-0.3, -0.25) is 9.88 Å². The van der Waals surface area contributed by atoms with E-state index in [4.69, 9.17) is 0 Å². The van der Waals surface area contributed by atoms with Gasteiger partial charge in [0.15, 0.2) is 0 Å². The van der Waals surface area contributed by atoms with Gasteiger partial charge in [-0.15, -0.1) is 0 Å². The van der Waals surface area contributed by atoms with Crippen LogP contribution < -0.4 is 5.32 Å². The molecular weight excluding hydrogens is 236 g/mol. The van der Waals surface area contributed by atoms with Gasteiger partial charge in [0.2, 0.25) is 0 Å². The number of anilines is 1. The van der Waals surface area contributed by atoms with Crippen LogP contribution in [-0.4, -0.2) is 34.5 Å². The zero-order valence-electron chi connectivity index (χ0n) is 12.2. The minimum Gasteiger partial charge on any atom is -0.369 e. The first-order chi connectivity index (χ1) is 9.31. The molecule has 0 aromatic carbocycles. The highest BCUT2D eigenvalue weighted by Crippen LogP contribution is 2.30. The molecule has 0 amide bonds. The molecule has 106 valence electrons. The van der Waals surface area contributed by atoms with Crippen LogP contribution in [0.25, 0.3) is 0 Å². The topological polar surface area (TPSA) is 41.1 Å². The summed E-state index contributed by atoms with van der Waals surface area (Å²) in [6.07, 6.45) is 8.89. The molecule has 1 saturated carbocycles. The lowest BCUT2D eigenvalue weighted by Crippen LogP contribution is -2.27. The molecule has 0 atom stereocenters. The molecule has 4 nitrogen and oxygen atoms in total. The van der Waals surface area contributed by atoms with Crippen LogP contribution in [0.5, 0.6) is 0 Å². The van der Waals surface area contributed by atoms with Crippen LogP contribution in [0.2, 0.25) is 0 Å². The van der Waals surface area contributed by atoms with Crippen LogP contribution in [0.4, 0.5) is 5.82 Å². The molecule has 1 aliphatic rings. The highest BCUT2D eigenvalue weighted by molar-refractivity contribution is 5.30. The fourth-order valence-corrected chi connectivity index (χ4v) is 2.23. The van der Waals surface area contributed by atoms with Crippen molar-refractivity contribution in [2.24, 2.45) is 5.92 Å². The Morgan fingerprint density at radius 2 is 2.05 bits per heavy atom. The quantitative estimate of drug-likeness (QED) is 0.743. The molecule has 0 aliphatic heterocycles. The first-order valence-electron chi connectivity index (χ1n) is 7.59. The highest BCUT2D eigenvalue weighted by Gasteiger charge is 2.24. The van der Waals surface area contributed by atoms with Crippen LogP contribution in [0.1, 0.15) is 45.2 Å². The van der Waals surface area contributed by atoms with Gasteiger partial charge in [0.05, 0.1) is 18.1 Å². The molecule has 0 spiro atoms. The molecule has 0 unspecified atom stereocenters. The maximum atomic E-state index is 4.51. The van der Waals surface area contributed by atoms with E-state index in [1.165, 1.54) is 25.8 Å². The first-order valence-corrected chi connectivity index (χ1v) is 7.59. The molecule has 1 aromatic rings. The van der Waals surface area contributed by atoms with Crippen molar-refractivity contribution in [1.29, 1.82) is 0 Å². The maximum Gasteiger partial charge on any atom is 0.144 e. The van der Waals surface area contributed by atoms with Crippen molar-refractivity contribution < 1.29 is 0 Å². The van der Waals surface area contributed by atoms with E-state index in [0.717, 1.165) is 43.5 Å². The van der Waals surface area contributed by atoms with Gasteiger partial charge < -0.3 is 5.32 Å². The third-order valence-electron chi connectivity index (χ3n) is 3.40. The van der Waals surface area contributed by atoms with E-state index in [1.807, 2.05) is 12.4 Å². The summed E-state index contributed by atoms with van der Waals surface area (Å²) in [7, 11) is 0. The predicted molar refractivity (Wildman–Crippen MR) is 79.1 cm³/mol. The molecule has 19 heavy (non-hydrogen) atoms. The van der Waals surface area contributed by atoms with Gasteiger partial charge in [0.1, 0.15) is 5.82 Å². The van der Waals surface area contributed by atoms with E-state index in [0.29, 0.717) is 0 Å². The van der Waals surface area contributed by atoms with Gasteiger partial charge in [-0.2, -0.15) is 0 Å². The average molecular weight is 262 g/mol. The Morgan fingerprint density at radius 1 is 1.21 bits per heavy atom. The fourth-order valence-electron chi connectivity index (χ4n) is 2.23. The molecule has 0 saturated heterocycles. The van der Waals surface area contributed by atoms with Crippen molar-refractivity contribution in [3.05, 3.63) is 18.1 Å². The Hall–Kier alpha value is -1.16. The van der Waals surface area contributed by atoms with Crippen molar-refractivity contribution in [2.45, 2.75) is 46.1 Å². The van der Waals surface area contributed by atoms with Crippen molar-refractivity contribution >= 4 is 5.82 Å². The summed E-state index contributed by atoms with van der Waals surface area (Å²) >= 11 is 0. The fraction of sp³-hybridized carbons (Fsp3) is 0.733. The number of hydrogen-bond donors (Lipinski definition) is 1. The van der Waals surface area contributed by atoms with Crippen molar-refractivity contribution in [3.63, 3.8) is 0 Å². The summed E-state index contributed by atoms with van der Waals surface area (Å²) < 4.78 is 0. The Morgan fingerprint density at radius 3 is 2.63 bits per heavy atom. The lowest BCUT2D eigenvalue weighted by molar-refractivity contribution is 0.252. The predicted octanol–water partition coefficient (Wildman–Crippen LogP) is 2.92. The smallest absolute Gasteiger partial charge is 0.144 e. The van der Waals surface area contributed by atoms with E-state index >= 15 is 0 Å². The molecule has 0 bridgehead atoms. The first kappa shape index (κ1) is 14.3. The summed E-state index contributed by atoms with van der Waals surface area (Å²) in [5.74, 6) is 1.82. The molecule has 1 aromatic heterocycles. The molecule has 2 rings (SSSR count). The third-order valence-corrected chi connectivity index (χ3v) is 3.40. The summed E-state index contributed by atoms with van der Waals surface area (Å²) in [5, 5.41) is 3.26. The zero-order valence-corrected chi connectivity index (χ0v) is 12.2. The summed E-state index contributed by atoms with van der Waals surface area (Å²) in [5.41, 5.74) is 1.08. The van der Waals surface area contributed by atoms with E-state index in [2.05, 4.69) is 34.0 Å². The number of hydrogen-bond acceptors (Lipinski definition) is 4. The minimum absolute atomic E-state index is 0.884. The summed E-state index contributed by atoms with van der Waals surface area (Å²) in [6.45, 7) is 8.67. The van der Waals surface area contributed by atoms with Gasteiger partial charge in [-0.1, -0.05) is 13.8 Å². The second-order valence-corrected chi connectivity index (χ2v) is 5.50. The van der Waals surface area contributed by atoms with Crippen molar-refractivity contribution in [1.82, 2.24) is 14.9 Å². The van der Waals surface area contributed by atoms with Crippen LogP contribution in [0, 0.1) is 5.92 Å². The standard InChI is InChI=1S/C15H26N4/c1-3-7-16-15-10-17-14(9-18-15)12-19(8-4-2)11-13-5-6-13/h9-10,13H,3-8,11-12H2,1-2H3,(H,16,18). The van der Waals surface area contributed by atoms with Gasteiger partial charge in [-0.25, -0.2) is 4.98 Å². The highest BCUT2D eigenvalue weighted by atomic mass is 15.1. The second kappa shape index (κ2) is 7.43. The minimum atomic E-state index is 0.884. The van der Waals surface area contributed by atoms with E-state index in [-0.39, 0.29) is 0 Å². The molecule has 1 heterocycles. The van der Waals surface area contributed by atoms with Crippen LogP contribution in [0.15, 0.2) is 12.4 Å². The Labute approximate surface area is 116 Å². The number of aromatic nitrogens is 2. The van der Waals surface area contributed by atoms with Gasteiger partial charge in [-0.05, 0) is 38.1 Å². The van der Waals surface area contributed by atoms with Gasteiger partial charge >= 0.3 is 0 Å². The number of nitrogens with zero attached hydrogens (tertiary/aromatic N) is 3. The lowest BCUT2D eigenvalue weighted by Gasteiger charge is -2.20. The van der Waals surface area contributed by atoms with Crippen molar-refractivity contribution in [2.75, 3.05) is 25.0 Å². The third kappa shape index (κ3) is 5.15. The maximum absolute atomic E-state index is 4.51. The average Bonchev–Trinajstić information content (AvgIpc) is 3.22. The van der Waals surface area contributed by atoms with E-state index in [9.17, 15) is 0 Å². The molecule has 1 fully saturated rings. The SMILES string of the molecule is CCCNc1cnc(CN(CCC)CC2CC2)cn1. The van der Waals surface area contributed by atoms with Crippen LogP contribution >= 0.6 is 0 Å². The molecule has 0 radical (unpaired) electrons. The zero-order chi connectivity index (χ0) is 13.5. The summed E-state index contributed by atoms with van der Waals surface area (Å²) in [6, 6.07) is 0. The molecule has 1 N–H and O–H groups in total. The number of nitrogens with one attached hydrogen (secondary N) is 1. The van der Waals surface area contributed by atoms with Crippen molar-refractivity contribution in [3.8, 4) is 0 Å². The Bertz CT molecular complexity index is 359. The Kier molecular flexibility index (Phi) is 5.58. The second-order valence-electron chi connectivity index (χ2n) is 5.50.